The maximum Gasteiger partial charge on any atom is 0.279 e. The number of hydrogen-bond donors (Lipinski definition) is 0. The van der Waals surface area contributed by atoms with E-state index in [-0.39, 0.29) is 17.5 Å². The van der Waals surface area contributed by atoms with Gasteiger partial charge in [-0.3, -0.25) is 9.59 Å². The van der Waals surface area contributed by atoms with Gasteiger partial charge in [-0.25, -0.2) is 4.39 Å². The number of halogens is 1. The van der Waals surface area contributed by atoms with E-state index in [1.165, 1.54) is 30.4 Å². The number of carbonyl (C=O) groups is 2. The largest absolute Gasteiger partial charge is 0.316 e. The zero-order valence-electron chi connectivity index (χ0n) is 14.4. The highest BCUT2D eigenvalue weighted by Crippen LogP contribution is 2.19. The average molecular weight is 388 g/mol. The predicted octanol–water partition coefficient (Wildman–Crippen LogP) is 4.15. The van der Waals surface area contributed by atoms with Crippen molar-refractivity contribution in [2.24, 2.45) is 4.99 Å². The van der Waals surface area contributed by atoms with Crippen LogP contribution < -0.4 is 4.80 Å². The van der Waals surface area contributed by atoms with Gasteiger partial charge in [-0.1, -0.05) is 23.5 Å². The van der Waals surface area contributed by atoms with Crippen LogP contribution >= 0.6 is 23.1 Å². The molecule has 0 radical (unpaired) electrons. The molecule has 0 N–H and O–H groups in total. The maximum absolute atomic E-state index is 13.5. The van der Waals surface area contributed by atoms with Crippen LogP contribution in [0.4, 0.5) is 4.39 Å². The quantitative estimate of drug-likeness (QED) is 0.617. The number of nitrogens with zero attached hydrogens (tertiary/aromatic N) is 2. The van der Waals surface area contributed by atoms with Gasteiger partial charge in [0.25, 0.3) is 5.91 Å². The molecule has 134 valence electrons. The molecule has 26 heavy (non-hydrogen) atoms. The Morgan fingerprint density at radius 1 is 1.15 bits per heavy atom. The van der Waals surface area contributed by atoms with Gasteiger partial charge in [0.1, 0.15) is 5.82 Å². The van der Waals surface area contributed by atoms with E-state index in [0.717, 1.165) is 16.0 Å². The lowest BCUT2D eigenvalue weighted by atomic mass is 10.1. The Hall–Kier alpha value is -2.25. The number of ketones is 1. The van der Waals surface area contributed by atoms with E-state index in [0.29, 0.717) is 22.5 Å². The summed E-state index contributed by atoms with van der Waals surface area (Å²) in [5.74, 6) is 0.110. The number of hydrogen-bond acceptors (Lipinski definition) is 4. The summed E-state index contributed by atoms with van der Waals surface area (Å²) in [7, 11) is 0. The first-order valence-electron chi connectivity index (χ1n) is 7.97. The zero-order valence-corrected chi connectivity index (χ0v) is 16.0. The molecular formula is C19H17FN2O2S2. The Balaban J connectivity index is 2.04. The summed E-state index contributed by atoms with van der Waals surface area (Å²) in [6, 6.07) is 11.0. The molecule has 1 heterocycles. The SMILES string of the molecule is CSCCn1c(=NC(=O)c2ccc(C(C)=O)cc2)sc2cc(F)ccc21. The summed E-state index contributed by atoms with van der Waals surface area (Å²) in [5, 5.41) is 0. The van der Waals surface area contributed by atoms with Gasteiger partial charge in [0.15, 0.2) is 10.6 Å². The van der Waals surface area contributed by atoms with Gasteiger partial charge in [-0.05, 0) is 43.5 Å². The number of amides is 1. The summed E-state index contributed by atoms with van der Waals surface area (Å²) >= 11 is 2.98. The first kappa shape index (κ1) is 18.5. The average Bonchev–Trinajstić information content (AvgIpc) is 2.95. The Morgan fingerprint density at radius 2 is 1.85 bits per heavy atom. The molecule has 0 aliphatic carbocycles. The molecule has 0 spiro atoms. The maximum atomic E-state index is 13.5. The second kappa shape index (κ2) is 7.97. The van der Waals surface area contributed by atoms with Crippen molar-refractivity contribution in [2.75, 3.05) is 12.0 Å². The zero-order chi connectivity index (χ0) is 18.7. The van der Waals surface area contributed by atoms with Crippen molar-refractivity contribution in [3.05, 3.63) is 64.2 Å². The molecule has 0 saturated heterocycles. The third-order valence-electron chi connectivity index (χ3n) is 3.90. The third kappa shape index (κ3) is 3.94. The fourth-order valence-electron chi connectivity index (χ4n) is 2.53. The standard InChI is InChI=1S/C19H17FN2O2S2/c1-12(23)13-3-5-14(6-4-13)18(24)21-19-22(9-10-25-2)16-8-7-15(20)11-17(16)26-19/h3-8,11H,9-10H2,1-2H3. The number of carbonyl (C=O) groups excluding carboxylic acids is 2. The lowest BCUT2D eigenvalue weighted by molar-refractivity contribution is 0.0991. The fraction of sp³-hybridized carbons (Fsp3) is 0.211. The van der Waals surface area contributed by atoms with Crippen LogP contribution in [0.1, 0.15) is 27.6 Å². The smallest absolute Gasteiger partial charge is 0.279 e. The Bertz CT molecular complexity index is 1040. The Labute approximate surface area is 158 Å². The minimum absolute atomic E-state index is 0.0534. The lowest BCUT2D eigenvalue weighted by Gasteiger charge is -2.03. The van der Waals surface area contributed by atoms with E-state index in [2.05, 4.69) is 4.99 Å². The molecule has 0 saturated carbocycles. The summed E-state index contributed by atoms with van der Waals surface area (Å²) in [5.41, 5.74) is 1.83. The molecule has 0 fully saturated rings. The monoisotopic (exact) mass is 388 g/mol. The highest BCUT2D eigenvalue weighted by Gasteiger charge is 2.10. The number of Topliss-reactive ketones (excluding diaryl/α,β-unsaturated/α-hetero) is 1. The van der Waals surface area contributed by atoms with Crippen molar-refractivity contribution >= 4 is 45.0 Å². The molecule has 0 unspecified atom stereocenters. The number of thiazole rings is 1. The van der Waals surface area contributed by atoms with Crippen LogP contribution in [0.25, 0.3) is 10.2 Å². The van der Waals surface area contributed by atoms with Gasteiger partial charge in [0, 0.05) is 23.4 Å². The van der Waals surface area contributed by atoms with Crippen LogP contribution in [0.3, 0.4) is 0 Å². The van der Waals surface area contributed by atoms with E-state index < -0.39 is 0 Å². The van der Waals surface area contributed by atoms with Crippen LogP contribution in [0.15, 0.2) is 47.5 Å². The molecule has 0 bridgehead atoms. The van der Waals surface area contributed by atoms with Gasteiger partial charge in [-0.2, -0.15) is 16.8 Å². The normalized spacial score (nSPS) is 11.9. The molecule has 0 aliphatic heterocycles. The van der Waals surface area contributed by atoms with Crippen LogP contribution in [-0.4, -0.2) is 28.3 Å². The molecule has 0 atom stereocenters. The Morgan fingerprint density at radius 3 is 2.50 bits per heavy atom. The first-order valence-corrected chi connectivity index (χ1v) is 10.2. The molecule has 1 aromatic heterocycles. The molecule has 0 aliphatic rings. The lowest BCUT2D eigenvalue weighted by Crippen LogP contribution is -2.18. The predicted molar refractivity (Wildman–Crippen MR) is 104 cm³/mol. The van der Waals surface area contributed by atoms with E-state index in [1.54, 1.807) is 42.1 Å². The summed E-state index contributed by atoms with van der Waals surface area (Å²) in [4.78, 5) is 28.7. The van der Waals surface area contributed by atoms with Gasteiger partial charge in [0.05, 0.1) is 10.2 Å². The van der Waals surface area contributed by atoms with Gasteiger partial charge in [-0.15, -0.1) is 0 Å². The molecule has 7 heteroatoms. The third-order valence-corrected chi connectivity index (χ3v) is 5.53. The fourth-order valence-corrected chi connectivity index (χ4v) is 3.97. The summed E-state index contributed by atoms with van der Waals surface area (Å²) in [6.45, 7) is 2.16. The minimum Gasteiger partial charge on any atom is -0.316 e. The topological polar surface area (TPSA) is 51.4 Å². The molecule has 3 aromatic rings. The highest BCUT2D eigenvalue weighted by molar-refractivity contribution is 7.98. The second-order valence-electron chi connectivity index (χ2n) is 5.69. The van der Waals surface area contributed by atoms with Crippen molar-refractivity contribution in [1.82, 2.24) is 4.57 Å². The van der Waals surface area contributed by atoms with Crippen LogP contribution in [0, 0.1) is 5.82 Å². The van der Waals surface area contributed by atoms with Crippen molar-refractivity contribution in [3.63, 3.8) is 0 Å². The molecule has 4 nitrogen and oxygen atoms in total. The summed E-state index contributed by atoms with van der Waals surface area (Å²) in [6.07, 6.45) is 2.01. The van der Waals surface area contributed by atoms with Crippen LogP contribution in [-0.2, 0) is 6.54 Å². The van der Waals surface area contributed by atoms with Crippen molar-refractivity contribution in [1.29, 1.82) is 0 Å². The number of aryl methyl sites for hydroxylation is 1. The van der Waals surface area contributed by atoms with E-state index >= 15 is 0 Å². The summed E-state index contributed by atoms with van der Waals surface area (Å²) < 4.78 is 16.2. The van der Waals surface area contributed by atoms with Crippen molar-refractivity contribution < 1.29 is 14.0 Å². The Kier molecular flexibility index (Phi) is 5.68. The van der Waals surface area contributed by atoms with Crippen LogP contribution in [0.5, 0.6) is 0 Å². The molecule has 2 aromatic carbocycles. The number of benzene rings is 2. The van der Waals surface area contributed by atoms with Crippen molar-refractivity contribution in [3.8, 4) is 0 Å². The first-order chi connectivity index (χ1) is 12.5. The van der Waals surface area contributed by atoms with Crippen molar-refractivity contribution in [2.45, 2.75) is 13.5 Å². The van der Waals surface area contributed by atoms with Gasteiger partial charge in [0.2, 0.25) is 0 Å². The van der Waals surface area contributed by atoms with Gasteiger partial charge < -0.3 is 4.57 Å². The van der Waals surface area contributed by atoms with Gasteiger partial charge >= 0.3 is 0 Å². The molecule has 3 rings (SSSR count). The number of aromatic nitrogens is 1. The van der Waals surface area contributed by atoms with E-state index in [9.17, 15) is 14.0 Å². The van der Waals surface area contributed by atoms with E-state index in [4.69, 9.17) is 0 Å². The minimum atomic E-state index is -0.384. The highest BCUT2D eigenvalue weighted by atomic mass is 32.2. The number of rotatable bonds is 5. The molecule has 1 amide bonds. The number of thioether (sulfide) groups is 1. The second-order valence-corrected chi connectivity index (χ2v) is 7.69. The molecular weight excluding hydrogens is 371 g/mol. The van der Waals surface area contributed by atoms with Crippen LogP contribution in [0.2, 0.25) is 0 Å². The van der Waals surface area contributed by atoms with E-state index in [1.807, 2.05) is 10.8 Å². The number of fused-ring (bicyclic) bond motifs is 1.